The number of nitrogens with one attached hydrogen (secondary N) is 1. The molecule has 1 aliphatic rings. The van der Waals surface area contributed by atoms with Crippen LogP contribution in [0.15, 0.2) is 30.9 Å². The second kappa shape index (κ2) is 5.59. The summed E-state index contributed by atoms with van der Waals surface area (Å²) in [6.07, 6.45) is 3.01. The van der Waals surface area contributed by atoms with E-state index in [1.165, 1.54) is 22.9 Å². The van der Waals surface area contributed by atoms with Crippen molar-refractivity contribution in [3.63, 3.8) is 0 Å². The minimum Gasteiger partial charge on any atom is -0.312 e. The zero-order chi connectivity index (χ0) is 15.7. The second-order valence-electron chi connectivity index (χ2n) is 5.52. The number of anilines is 1. The molecule has 0 aliphatic carbocycles. The predicted molar refractivity (Wildman–Crippen MR) is 80.8 cm³/mol. The summed E-state index contributed by atoms with van der Waals surface area (Å²) >= 11 is 0. The zero-order valence-corrected chi connectivity index (χ0v) is 12.5. The molecule has 22 heavy (non-hydrogen) atoms. The van der Waals surface area contributed by atoms with Crippen LogP contribution in [0.5, 0.6) is 0 Å². The summed E-state index contributed by atoms with van der Waals surface area (Å²) in [4.78, 5) is 26.1. The summed E-state index contributed by atoms with van der Waals surface area (Å²) in [6.45, 7) is 4.42. The first-order chi connectivity index (χ1) is 10.5. The fraction of sp³-hybridized carbons (Fsp3) is 0.333. The average Bonchev–Trinajstić information content (AvgIpc) is 3.11. The van der Waals surface area contributed by atoms with Crippen molar-refractivity contribution in [1.29, 1.82) is 0 Å². The molecule has 2 heterocycles. The number of nitrogens with zero attached hydrogens (tertiary/aromatic N) is 4. The Kier molecular flexibility index (Phi) is 3.62. The smallest absolute Gasteiger partial charge is 0.244 e. The lowest BCUT2D eigenvalue weighted by molar-refractivity contribution is -0.123. The third-order valence-electron chi connectivity index (χ3n) is 3.96. The molecule has 1 unspecified atom stereocenters. The number of benzene rings is 1. The Hall–Kier alpha value is -2.70. The van der Waals surface area contributed by atoms with Gasteiger partial charge in [-0.25, -0.2) is 4.68 Å². The van der Waals surface area contributed by atoms with E-state index in [1.54, 1.807) is 4.90 Å². The summed E-state index contributed by atoms with van der Waals surface area (Å²) in [7, 11) is 0. The van der Waals surface area contributed by atoms with E-state index in [4.69, 9.17) is 0 Å². The van der Waals surface area contributed by atoms with Gasteiger partial charge in [-0.15, -0.1) is 10.2 Å². The van der Waals surface area contributed by atoms with E-state index < -0.39 is 0 Å². The van der Waals surface area contributed by atoms with E-state index in [0.717, 1.165) is 11.3 Å². The molecule has 1 aliphatic heterocycles. The maximum absolute atomic E-state index is 12.2. The Morgan fingerprint density at radius 2 is 1.95 bits per heavy atom. The summed E-state index contributed by atoms with van der Waals surface area (Å²) in [6, 6.07) is 5.89. The van der Waals surface area contributed by atoms with Crippen molar-refractivity contribution in [2.24, 2.45) is 5.92 Å². The molecule has 7 nitrogen and oxygen atoms in total. The average molecular weight is 299 g/mol. The van der Waals surface area contributed by atoms with Crippen LogP contribution in [0.25, 0.3) is 0 Å². The molecule has 0 saturated carbocycles. The van der Waals surface area contributed by atoms with Crippen LogP contribution >= 0.6 is 0 Å². The molecule has 1 N–H and O–H groups in total. The molecule has 114 valence electrons. The Bertz CT molecular complexity index is 711. The van der Waals surface area contributed by atoms with Crippen molar-refractivity contribution >= 4 is 17.5 Å². The van der Waals surface area contributed by atoms with Crippen molar-refractivity contribution in [3.8, 4) is 0 Å². The van der Waals surface area contributed by atoms with Gasteiger partial charge in [0.25, 0.3) is 0 Å². The Labute approximate surface area is 127 Å². The van der Waals surface area contributed by atoms with Crippen molar-refractivity contribution in [1.82, 2.24) is 14.9 Å². The molecular weight excluding hydrogens is 282 g/mol. The molecule has 0 spiro atoms. The van der Waals surface area contributed by atoms with Crippen LogP contribution in [-0.2, 0) is 9.59 Å². The van der Waals surface area contributed by atoms with Gasteiger partial charge in [-0.1, -0.05) is 6.07 Å². The highest BCUT2D eigenvalue weighted by Gasteiger charge is 2.35. The van der Waals surface area contributed by atoms with Crippen LogP contribution in [0.2, 0.25) is 0 Å². The number of aryl methyl sites for hydroxylation is 2. The third kappa shape index (κ3) is 2.69. The standard InChI is InChI=1S/C15H17N5O2/c1-10-3-4-13(5-11(10)2)20-7-12(6-14(20)21)15(22)18-19-8-16-17-9-19/h3-5,8-9,12H,6-7H2,1-2H3,(H,18,22). The van der Waals surface area contributed by atoms with E-state index in [0.29, 0.717) is 6.54 Å². The highest BCUT2D eigenvalue weighted by molar-refractivity contribution is 6.01. The SMILES string of the molecule is Cc1ccc(N2CC(C(=O)Nn3cnnc3)CC2=O)cc1C. The number of hydrogen-bond acceptors (Lipinski definition) is 4. The molecule has 2 amide bonds. The molecular formula is C15H17N5O2. The highest BCUT2D eigenvalue weighted by Crippen LogP contribution is 2.27. The van der Waals surface area contributed by atoms with E-state index in [1.807, 2.05) is 32.0 Å². The lowest BCUT2D eigenvalue weighted by Gasteiger charge is -2.18. The van der Waals surface area contributed by atoms with Gasteiger partial charge < -0.3 is 4.90 Å². The molecule has 7 heteroatoms. The number of hydrogen-bond donors (Lipinski definition) is 1. The second-order valence-corrected chi connectivity index (χ2v) is 5.52. The molecule has 1 fully saturated rings. The van der Waals surface area contributed by atoms with Crippen LogP contribution in [0.4, 0.5) is 5.69 Å². The van der Waals surface area contributed by atoms with E-state index in [-0.39, 0.29) is 24.2 Å². The molecule has 1 aromatic heterocycles. The molecule has 1 aromatic carbocycles. The number of aromatic nitrogens is 3. The largest absolute Gasteiger partial charge is 0.312 e. The van der Waals surface area contributed by atoms with E-state index >= 15 is 0 Å². The van der Waals surface area contributed by atoms with Gasteiger partial charge >= 0.3 is 0 Å². The Morgan fingerprint density at radius 1 is 1.23 bits per heavy atom. The molecule has 0 radical (unpaired) electrons. The van der Waals surface area contributed by atoms with Gasteiger partial charge in [-0.2, -0.15) is 0 Å². The maximum atomic E-state index is 12.2. The number of carbonyl (C=O) groups is 2. The van der Waals surface area contributed by atoms with Crippen LogP contribution in [0, 0.1) is 19.8 Å². The third-order valence-corrected chi connectivity index (χ3v) is 3.96. The first-order valence-electron chi connectivity index (χ1n) is 7.07. The van der Waals surface area contributed by atoms with Crippen LogP contribution in [-0.4, -0.2) is 33.2 Å². The number of rotatable bonds is 3. The van der Waals surface area contributed by atoms with Crippen molar-refractivity contribution in [3.05, 3.63) is 42.0 Å². The quantitative estimate of drug-likeness (QED) is 0.917. The fourth-order valence-corrected chi connectivity index (χ4v) is 2.50. The minimum atomic E-state index is -0.378. The van der Waals surface area contributed by atoms with E-state index in [9.17, 15) is 9.59 Å². The lowest BCUT2D eigenvalue weighted by Crippen LogP contribution is -2.31. The van der Waals surface area contributed by atoms with E-state index in [2.05, 4.69) is 15.6 Å². The van der Waals surface area contributed by atoms with Crippen LogP contribution in [0.1, 0.15) is 17.5 Å². The fourth-order valence-electron chi connectivity index (χ4n) is 2.50. The normalized spacial score (nSPS) is 17.8. The van der Waals surface area contributed by atoms with Gasteiger partial charge in [0.2, 0.25) is 11.8 Å². The van der Waals surface area contributed by atoms with Gasteiger partial charge in [-0.05, 0) is 37.1 Å². The van der Waals surface area contributed by atoms with Crippen molar-refractivity contribution in [2.45, 2.75) is 20.3 Å². The lowest BCUT2D eigenvalue weighted by atomic mass is 10.1. The zero-order valence-electron chi connectivity index (χ0n) is 12.5. The first-order valence-corrected chi connectivity index (χ1v) is 7.07. The summed E-state index contributed by atoms with van der Waals surface area (Å²) in [5.74, 6) is -0.622. The Morgan fingerprint density at radius 3 is 2.64 bits per heavy atom. The summed E-state index contributed by atoms with van der Waals surface area (Å²) in [5.41, 5.74) is 5.80. The van der Waals surface area contributed by atoms with Gasteiger partial charge in [0.1, 0.15) is 12.7 Å². The van der Waals surface area contributed by atoms with Crippen molar-refractivity contribution in [2.75, 3.05) is 16.9 Å². The number of amides is 2. The summed E-state index contributed by atoms with van der Waals surface area (Å²) in [5, 5.41) is 7.24. The molecule has 2 aromatic rings. The van der Waals surface area contributed by atoms with Gasteiger partial charge in [-0.3, -0.25) is 15.0 Å². The summed E-state index contributed by atoms with van der Waals surface area (Å²) < 4.78 is 1.38. The van der Waals surface area contributed by atoms with Crippen LogP contribution in [0.3, 0.4) is 0 Å². The predicted octanol–water partition coefficient (Wildman–Crippen LogP) is 1.02. The Balaban J connectivity index is 1.72. The van der Waals surface area contributed by atoms with Crippen LogP contribution < -0.4 is 10.3 Å². The molecule has 0 bridgehead atoms. The monoisotopic (exact) mass is 299 g/mol. The van der Waals surface area contributed by atoms with Gasteiger partial charge in [0.05, 0.1) is 5.92 Å². The molecule has 1 atom stereocenters. The number of carbonyl (C=O) groups excluding carboxylic acids is 2. The minimum absolute atomic E-state index is 0.0350. The topological polar surface area (TPSA) is 80.1 Å². The molecule has 1 saturated heterocycles. The van der Waals surface area contributed by atoms with Crippen molar-refractivity contribution < 1.29 is 9.59 Å². The highest BCUT2D eigenvalue weighted by atomic mass is 16.2. The first kappa shape index (κ1) is 14.2. The maximum Gasteiger partial charge on any atom is 0.244 e. The van der Waals surface area contributed by atoms with Gasteiger partial charge in [0, 0.05) is 18.7 Å². The molecule has 3 rings (SSSR count). The van der Waals surface area contributed by atoms with Gasteiger partial charge in [0.15, 0.2) is 0 Å².